The molecule has 182 valence electrons. The van der Waals surface area contributed by atoms with Gasteiger partial charge in [0.1, 0.15) is 11.1 Å². The number of halogens is 1. The summed E-state index contributed by atoms with van der Waals surface area (Å²) in [7, 11) is 0. The Labute approximate surface area is 203 Å². The number of ether oxygens (including phenoxy) is 1. The lowest BCUT2D eigenvalue weighted by Gasteiger charge is -2.29. The lowest BCUT2D eigenvalue weighted by Crippen LogP contribution is -2.41. The highest BCUT2D eigenvalue weighted by Crippen LogP contribution is 2.27. The summed E-state index contributed by atoms with van der Waals surface area (Å²) in [6.07, 6.45) is 5.05. The third-order valence-electron chi connectivity index (χ3n) is 6.54. The molecule has 1 atom stereocenters. The lowest BCUT2D eigenvalue weighted by molar-refractivity contribution is 0.0940. The highest BCUT2D eigenvalue weighted by molar-refractivity contribution is 6.33. The van der Waals surface area contributed by atoms with Crippen LogP contribution in [0, 0.1) is 12.8 Å². The first kappa shape index (κ1) is 24.1. The van der Waals surface area contributed by atoms with Crippen molar-refractivity contribution >= 4 is 29.3 Å². The van der Waals surface area contributed by atoms with Gasteiger partial charge in [0.25, 0.3) is 11.5 Å². The van der Waals surface area contributed by atoms with E-state index in [0.717, 1.165) is 31.2 Å². The second-order valence-corrected chi connectivity index (χ2v) is 9.48. The zero-order chi connectivity index (χ0) is 24.1. The molecule has 34 heavy (non-hydrogen) atoms. The molecular weight excluding hydrogens is 458 g/mol. The number of carbonyl (C=O) groups excluding carboxylic acids is 2. The van der Waals surface area contributed by atoms with E-state index in [1.807, 2.05) is 36.1 Å². The van der Waals surface area contributed by atoms with Gasteiger partial charge < -0.3 is 20.3 Å². The number of aromatic nitrogens is 2. The highest BCUT2D eigenvalue weighted by atomic mass is 35.5. The second-order valence-electron chi connectivity index (χ2n) is 9.10. The van der Waals surface area contributed by atoms with Gasteiger partial charge in [0, 0.05) is 31.1 Å². The smallest absolute Gasteiger partial charge is 0.407 e. The molecule has 1 saturated carbocycles. The Hall–Kier alpha value is -3.07. The van der Waals surface area contributed by atoms with E-state index >= 15 is 0 Å². The van der Waals surface area contributed by atoms with Crippen LogP contribution in [-0.2, 0) is 4.74 Å². The Morgan fingerprint density at radius 1 is 1.24 bits per heavy atom. The molecule has 0 bridgehead atoms. The number of carbonyl (C=O) groups is 2. The lowest BCUT2D eigenvalue weighted by atomic mass is 9.86. The molecule has 2 aliphatic rings. The largest absolute Gasteiger partial charge is 0.444 e. The number of hydrogen-bond acceptors (Lipinski definition) is 6. The molecule has 4 rings (SSSR count). The zero-order valence-electron chi connectivity index (χ0n) is 19.2. The summed E-state index contributed by atoms with van der Waals surface area (Å²) in [5.41, 5.74) is 1.85. The maximum atomic E-state index is 12.4. The Bertz CT molecular complexity index is 1080. The molecule has 2 heterocycles. The van der Waals surface area contributed by atoms with E-state index in [1.54, 1.807) is 0 Å². The van der Waals surface area contributed by atoms with E-state index < -0.39 is 11.7 Å². The van der Waals surface area contributed by atoms with Gasteiger partial charge in [-0.25, -0.2) is 9.89 Å². The molecule has 1 saturated heterocycles. The summed E-state index contributed by atoms with van der Waals surface area (Å²) in [6, 6.07) is 7.63. The van der Waals surface area contributed by atoms with Gasteiger partial charge in [0.2, 0.25) is 0 Å². The van der Waals surface area contributed by atoms with Crippen LogP contribution < -0.4 is 21.1 Å². The maximum absolute atomic E-state index is 12.4. The van der Waals surface area contributed by atoms with Gasteiger partial charge in [-0.3, -0.25) is 9.59 Å². The fourth-order valence-corrected chi connectivity index (χ4v) is 4.84. The molecule has 0 radical (unpaired) electrons. The van der Waals surface area contributed by atoms with Gasteiger partial charge in [0.05, 0.1) is 18.4 Å². The quantitative estimate of drug-likeness (QED) is 0.576. The predicted octanol–water partition coefficient (Wildman–Crippen LogP) is 3.03. The summed E-state index contributed by atoms with van der Waals surface area (Å²) >= 11 is 6.08. The number of nitrogens with one attached hydrogen (secondary N) is 3. The van der Waals surface area contributed by atoms with Crippen molar-refractivity contribution in [3.05, 3.63) is 57.0 Å². The number of aromatic amines is 1. The van der Waals surface area contributed by atoms with Crippen LogP contribution >= 0.6 is 11.6 Å². The fourth-order valence-electron chi connectivity index (χ4n) is 4.63. The summed E-state index contributed by atoms with van der Waals surface area (Å²) in [5.74, 6) is 0.355. The molecule has 1 aromatic heterocycles. The van der Waals surface area contributed by atoms with E-state index in [2.05, 4.69) is 20.8 Å². The number of nitrogens with zero attached hydrogens (tertiary/aromatic N) is 2. The number of aryl methyl sites for hydroxylation is 1. The van der Waals surface area contributed by atoms with Gasteiger partial charge in [-0.2, -0.15) is 5.10 Å². The third-order valence-corrected chi connectivity index (χ3v) is 6.90. The van der Waals surface area contributed by atoms with Crippen LogP contribution in [0.15, 0.2) is 35.3 Å². The van der Waals surface area contributed by atoms with Gasteiger partial charge in [-0.05, 0) is 50.7 Å². The zero-order valence-corrected chi connectivity index (χ0v) is 19.9. The van der Waals surface area contributed by atoms with Crippen LogP contribution in [0.4, 0.5) is 10.5 Å². The second kappa shape index (κ2) is 10.9. The van der Waals surface area contributed by atoms with Gasteiger partial charge in [0.15, 0.2) is 0 Å². The molecule has 1 aromatic carbocycles. The van der Waals surface area contributed by atoms with Crippen LogP contribution in [-0.4, -0.2) is 54.0 Å². The van der Waals surface area contributed by atoms with Crippen molar-refractivity contribution in [3.63, 3.8) is 0 Å². The topological polar surface area (TPSA) is 116 Å². The Balaban J connectivity index is 1.16. The van der Waals surface area contributed by atoms with Crippen molar-refractivity contribution in [1.82, 2.24) is 20.8 Å². The molecule has 1 aliphatic carbocycles. The van der Waals surface area contributed by atoms with Gasteiger partial charge in [-0.1, -0.05) is 29.3 Å². The summed E-state index contributed by atoms with van der Waals surface area (Å²) < 4.78 is 5.60. The monoisotopic (exact) mass is 487 g/mol. The van der Waals surface area contributed by atoms with Crippen molar-refractivity contribution in [3.8, 4) is 0 Å². The van der Waals surface area contributed by atoms with E-state index in [9.17, 15) is 14.4 Å². The van der Waals surface area contributed by atoms with Crippen molar-refractivity contribution < 1.29 is 14.3 Å². The Morgan fingerprint density at radius 3 is 2.79 bits per heavy atom. The number of hydrogen-bond donors (Lipinski definition) is 3. The number of anilines is 1. The molecule has 10 heteroatoms. The molecule has 0 spiro atoms. The Kier molecular flexibility index (Phi) is 7.72. The van der Waals surface area contributed by atoms with Gasteiger partial charge in [-0.15, -0.1) is 0 Å². The minimum atomic E-state index is -0.438. The first-order valence-electron chi connectivity index (χ1n) is 11.7. The molecule has 2 fully saturated rings. The number of benzene rings is 1. The average molecular weight is 488 g/mol. The standard InChI is InChI=1S/C24H30ClN5O4/c1-15-3-2-4-17(11-15)22(31)26-12-16-5-7-18(8-6-16)28-24(33)34-19-9-10-30(14-19)20-13-27-29-23(32)21(20)25/h2-4,11,13,16,18-19H,5-10,12,14H2,1H3,(H,26,31)(H,28,33)(H,29,32)/t16-,18-,19-/m1/s1. The molecule has 3 N–H and O–H groups in total. The first-order valence-corrected chi connectivity index (χ1v) is 12.1. The molecule has 0 unspecified atom stereocenters. The predicted molar refractivity (Wildman–Crippen MR) is 129 cm³/mol. The fraction of sp³-hybridized carbons (Fsp3) is 0.500. The van der Waals surface area contributed by atoms with Crippen molar-refractivity contribution in [2.24, 2.45) is 5.92 Å². The van der Waals surface area contributed by atoms with Crippen LogP contribution in [0.2, 0.25) is 5.02 Å². The first-order chi connectivity index (χ1) is 16.4. The number of amides is 2. The summed E-state index contributed by atoms with van der Waals surface area (Å²) in [6.45, 7) is 3.70. The molecular formula is C24H30ClN5O4. The van der Waals surface area contributed by atoms with Gasteiger partial charge >= 0.3 is 6.09 Å². The SMILES string of the molecule is Cc1cccc(C(=O)NC[C@H]2CC[C@H](NC(=O)O[C@@H]3CCN(c4cn[nH]c(=O)c4Cl)C3)CC2)c1. The Morgan fingerprint density at radius 2 is 2.03 bits per heavy atom. The van der Waals surface area contributed by atoms with Crippen LogP contribution in [0.5, 0.6) is 0 Å². The minimum absolute atomic E-state index is 0.0460. The van der Waals surface area contributed by atoms with Crippen molar-refractivity contribution in [2.45, 2.75) is 51.2 Å². The van der Waals surface area contributed by atoms with E-state index in [0.29, 0.717) is 43.2 Å². The van der Waals surface area contributed by atoms with Crippen LogP contribution in [0.3, 0.4) is 0 Å². The molecule has 9 nitrogen and oxygen atoms in total. The maximum Gasteiger partial charge on any atom is 0.407 e. The van der Waals surface area contributed by atoms with Crippen molar-refractivity contribution in [2.75, 3.05) is 24.5 Å². The summed E-state index contributed by atoms with van der Waals surface area (Å²) in [4.78, 5) is 38.3. The highest BCUT2D eigenvalue weighted by Gasteiger charge is 2.29. The number of rotatable bonds is 6. The molecule has 1 aliphatic heterocycles. The third kappa shape index (κ3) is 6.08. The molecule has 2 amide bonds. The summed E-state index contributed by atoms with van der Waals surface area (Å²) in [5, 5.41) is 12.2. The van der Waals surface area contributed by atoms with Crippen LogP contribution in [0.25, 0.3) is 0 Å². The van der Waals surface area contributed by atoms with Crippen LogP contribution in [0.1, 0.15) is 48.0 Å². The van der Waals surface area contributed by atoms with E-state index in [4.69, 9.17) is 16.3 Å². The van der Waals surface area contributed by atoms with E-state index in [-0.39, 0.29) is 23.1 Å². The number of alkyl carbamates (subject to hydrolysis) is 1. The van der Waals surface area contributed by atoms with E-state index in [1.165, 1.54) is 6.20 Å². The minimum Gasteiger partial charge on any atom is -0.444 e. The average Bonchev–Trinajstić information content (AvgIpc) is 3.28. The van der Waals surface area contributed by atoms with Crippen molar-refractivity contribution in [1.29, 1.82) is 0 Å². The molecule has 2 aromatic rings. The normalized spacial score (nSPS) is 22.3. The number of H-pyrrole nitrogens is 1.